The molecular weight excluding hydrogens is 218 g/mol. The Morgan fingerprint density at radius 2 is 2.12 bits per heavy atom. The minimum Gasteiger partial charge on any atom is -0.370 e. The maximum atomic E-state index is 12.0. The lowest BCUT2D eigenvalue weighted by Crippen LogP contribution is -2.46. The highest BCUT2D eigenvalue weighted by Gasteiger charge is 2.27. The van der Waals surface area contributed by atoms with Crippen LogP contribution in [0, 0.1) is 0 Å². The van der Waals surface area contributed by atoms with Crippen LogP contribution >= 0.6 is 0 Å². The lowest BCUT2D eigenvalue weighted by atomic mass is 10.1. The lowest BCUT2D eigenvalue weighted by Gasteiger charge is -2.34. The topological polar surface area (TPSA) is 66.6 Å². The van der Waals surface area contributed by atoms with Crippen LogP contribution in [-0.2, 0) is 11.3 Å². The van der Waals surface area contributed by atoms with Gasteiger partial charge in [0.25, 0.3) is 0 Å². The number of carbonyl (C=O) groups excluding carboxylic acids is 2. The van der Waals surface area contributed by atoms with Gasteiger partial charge in [0.1, 0.15) is 0 Å². The molecule has 5 heteroatoms. The van der Waals surface area contributed by atoms with Crippen molar-refractivity contribution >= 4 is 17.6 Å². The normalized spacial score (nSPS) is 14.8. The molecular formula is C12H15N3O2. The molecule has 0 aliphatic carbocycles. The summed E-state index contributed by atoms with van der Waals surface area (Å²) in [5.74, 6) is -0.400. The number of nitrogens with zero attached hydrogens (tertiary/aromatic N) is 2. The summed E-state index contributed by atoms with van der Waals surface area (Å²) in [5.41, 5.74) is 7.07. The van der Waals surface area contributed by atoms with E-state index in [0.29, 0.717) is 13.1 Å². The number of fused-ring (bicyclic) bond motifs is 1. The lowest BCUT2D eigenvalue weighted by molar-refractivity contribution is -0.117. The summed E-state index contributed by atoms with van der Waals surface area (Å²) in [6.45, 7) is 0.928. The fraction of sp³-hybridized carbons (Fsp3) is 0.333. The van der Waals surface area contributed by atoms with E-state index in [4.69, 9.17) is 5.73 Å². The molecule has 1 aliphatic heterocycles. The van der Waals surface area contributed by atoms with Gasteiger partial charge in [0.2, 0.25) is 5.91 Å². The number of primary amides is 1. The Balaban J connectivity index is 2.28. The smallest absolute Gasteiger partial charge is 0.324 e. The predicted molar refractivity (Wildman–Crippen MR) is 64.5 cm³/mol. The van der Waals surface area contributed by atoms with Crippen molar-refractivity contribution in [2.45, 2.75) is 13.0 Å². The number of hydrogen-bond acceptors (Lipinski definition) is 2. The van der Waals surface area contributed by atoms with Crippen molar-refractivity contribution in [1.29, 1.82) is 0 Å². The summed E-state index contributed by atoms with van der Waals surface area (Å²) in [4.78, 5) is 26.0. The van der Waals surface area contributed by atoms with Gasteiger partial charge in [-0.3, -0.25) is 9.69 Å². The number of benzene rings is 1. The molecule has 0 bridgehead atoms. The van der Waals surface area contributed by atoms with Crippen molar-refractivity contribution in [3.8, 4) is 0 Å². The first-order valence-electron chi connectivity index (χ1n) is 5.48. The van der Waals surface area contributed by atoms with E-state index < -0.39 is 5.91 Å². The molecule has 0 saturated carbocycles. The van der Waals surface area contributed by atoms with Gasteiger partial charge in [-0.05, 0) is 11.6 Å². The Morgan fingerprint density at radius 1 is 1.41 bits per heavy atom. The Labute approximate surface area is 99.8 Å². The third kappa shape index (κ3) is 2.22. The summed E-state index contributed by atoms with van der Waals surface area (Å²) in [6, 6.07) is 7.60. The molecule has 0 saturated heterocycles. The fourth-order valence-electron chi connectivity index (χ4n) is 1.98. The first kappa shape index (κ1) is 11.4. The number of anilines is 1. The van der Waals surface area contributed by atoms with Crippen molar-refractivity contribution in [2.75, 3.05) is 18.5 Å². The molecule has 0 fully saturated rings. The van der Waals surface area contributed by atoms with Gasteiger partial charge in [0.05, 0.1) is 5.69 Å². The van der Waals surface area contributed by atoms with E-state index in [1.54, 1.807) is 16.8 Å². The van der Waals surface area contributed by atoms with Crippen LogP contribution in [0.5, 0.6) is 0 Å². The minimum atomic E-state index is -0.400. The zero-order valence-electron chi connectivity index (χ0n) is 9.72. The maximum absolute atomic E-state index is 12.0. The molecule has 1 aromatic rings. The van der Waals surface area contributed by atoms with Gasteiger partial charge in [0.15, 0.2) is 0 Å². The summed E-state index contributed by atoms with van der Waals surface area (Å²) >= 11 is 0. The van der Waals surface area contributed by atoms with Gasteiger partial charge < -0.3 is 10.6 Å². The van der Waals surface area contributed by atoms with Gasteiger partial charge in [-0.1, -0.05) is 18.2 Å². The standard InChI is InChI=1S/C12H15N3O2/c1-14-8-9-4-2-3-5-10(9)15(12(14)17)7-6-11(13)16/h2-5H,6-8H2,1H3,(H2,13,16). The molecule has 0 aromatic heterocycles. The number of rotatable bonds is 3. The summed E-state index contributed by atoms with van der Waals surface area (Å²) < 4.78 is 0. The van der Waals surface area contributed by atoms with E-state index in [9.17, 15) is 9.59 Å². The molecule has 1 aromatic carbocycles. The van der Waals surface area contributed by atoms with Crippen molar-refractivity contribution in [1.82, 2.24) is 4.90 Å². The van der Waals surface area contributed by atoms with Crippen LogP contribution in [0.1, 0.15) is 12.0 Å². The maximum Gasteiger partial charge on any atom is 0.324 e. The highest BCUT2D eigenvalue weighted by atomic mass is 16.2. The number of para-hydroxylation sites is 1. The molecule has 0 spiro atoms. The van der Waals surface area contributed by atoms with Crippen molar-refractivity contribution < 1.29 is 9.59 Å². The average Bonchev–Trinajstić information content (AvgIpc) is 2.29. The van der Waals surface area contributed by atoms with E-state index >= 15 is 0 Å². The number of carbonyl (C=O) groups is 2. The Kier molecular flexibility index (Phi) is 2.99. The summed E-state index contributed by atoms with van der Waals surface area (Å²) in [6.07, 6.45) is 0.175. The molecule has 0 radical (unpaired) electrons. The van der Waals surface area contributed by atoms with Gasteiger partial charge in [-0.2, -0.15) is 0 Å². The number of hydrogen-bond donors (Lipinski definition) is 1. The predicted octanol–water partition coefficient (Wildman–Crippen LogP) is 0.934. The van der Waals surface area contributed by atoms with Crippen LogP contribution in [0.3, 0.4) is 0 Å². The fourth-order valence-corrected chi connectivity index (χ4v) is 1.98. The third-order valence-corrected chi connectivity index (χ3v) is 2.83. The first-order chi connectivity index (χ1) is 8.09. The second-order valence-electron chi connectivity index (χ2n) is 4.14. The van der Waals surface area contributed by atoms with Gasteiger partial charge in [-0.15, -0.1) is 0 Å². The molecule has 2 N–H and O–H groups in total. The Hall–Kier alpha value is -2.04. The van der Waals surface area contributed by atoms with Crippen LogP contribution in [-0.4, -0.2) is 30.4 Å². The van der Waals surface area contributed by atoms with E-state index in [0.717, 1.165) is 11.3 Å². The van der Waals surface area contributed by atoms with Crippen LogP contribution in [0.4, 0.5) is 10.5 Å². The average molecular weight is 233 g/mol. The quantitative estimate of drug-likeness (QED) is 0.844. The molecule has 1 heterocycles. The van der Waals surface area contributed by atoms with Gasteiger partial charge >= 0.3 is 6.03 Å². The Bertz CT molecular complexity index is 459. The molecule has 0 unspecified atom stereocenters. The van der Waals surface area contributed by atoms with Crippen LogP contribution in [0.25, 0.3) is 0 Å². The Morgan fingerprint density at radius 3 is 2.82 bits per heavy atom. The van der Waals surface area contributed by atoms with E-state index in [-0.39, 0.29) is 12.5 Å². The summed E-state index contributed by atoms with van der Waals surface area (Å²) in [5, 5.41) is 0. The number of urea groups is 1. The van der Waals surface area contributed by atoms with Crippen LogP contribution in [0.2, 0.25) is 0 Å². The molecule has 90 valence electrons. The highest BCUT2D eigenvalue weighted by Crippen LogP contribution is 2.27. The molecule has 0 atom stereocenters. The molecule has 2 rings (SSSR count). The van der Waals surface area contributed by atoms with Crippen LogP contribution in [0.15, 0.2) is 24.3 Å². The zero-order chi connectivity index (χ0) is 12.4. The largest absolute Gasteiger partial charge is 0.370 e. The van der Waals surface area contributed by atoms with Crippen molar-refractivity contribution in [3.05, 3.63) is 29.8 Å². The van der Waals surface area contributed by atoms with E-state index in [1.807, 2.05) is 24.3 Å². The molecule has 5 nitrogen and oxygen atoms in total. The van der Waals surface area contributed by atoms with Crippen LogP contribution < -0.4 is 10.6 Å². The monoisotopic (exact) mass is 233 g/mol. The molecule has 3 amide bonds. The van der Waals surface area contributed by atoms with Gasteiger partial charge in [-0.25, -0.2) is 4.79 Å². The minimum absolute atomic E-state index is 0.0926. The number of nitrogens with two attached hydrogens (primary N) is 1. The van der Waals surface area contributed by atoms with E-state index in [1.165, 1.54) is 0 Å². The third-order valence-electron chi connectivity index (χ3n) is 2.83. The van der Waals surface area contributed by atoms with E-state index in [2.05, 4.69) is 0 Å². The first-order valence-corrected chi connectivity index (χ1v) is 5.48. The van der Waals surface area contributed by atoms with Crippen molar-refractivity contribution in [2.24, 2.45) is 5.73 Å². The SMILES string of the molecule is CN1Cc2ccccc2N(CCC(N)=O)C1=O. The zero-order valence-corrected chi connectivity index (χ0v) is 9.72. The second kappa shape index (κ2) is 4.45. The second-order valence-corrected chi connectivity index (χ2v) is 4.14. The summed E-state index contributed by atoms with van der Waals surface area (Å²) in [7, 11) is 1.75. The van der Waals surface area contributed by atoms with Gasteiger partial charge in [0, 0.05) is 26.6 Å². The number of amides is 3. The molecule has 17 heavy (non-hydrogen) atoms. The highest BCUT2D eigenvalue weighted by molar-refractivity contribution is 5.95. The molecule has 1 aliphatic rings. The van der Waals surface area contributed by atoms with Crippen molar-refractivity contribution in [3.63, 3.8) is 0 Å².